The highest BCUT2D eigenvalue weighted by Crippen LogP contribution is 2.24. The molecule has 168 valence electrons. The summed E-state index contributed by atoms with van der Waals surface area (Å²) in [6.07, 6.45) is 3.61. The molecule has 1 N–H and O–H groups in total. The smallest absolute Gasteiger partial charge is 0.230 e. The van der Waals surface area contributed by atoms with Gasteiger partial charge in [0.15, 0.2) is 11.0 Å². The van der Waals surface area contributed by atoms with Gasteiger partial charge in [0.2, 0.25) is 5.91 Å². The number of rotatable bonds is 8. The van der Waals surface area contributed by atoms with Gasteiger partial charge in [0.25, 0.3) is 0 Å². The van der Waals surface area contributed by atoms with Crippen molar-refractivity contribution in [2.45, 2.75) is 37.5 Å². The Morgan fingerprint density at radius 3 is 2.56 bits per heavy atom. The topological polar surface area (TPSA) is 63.1 Å². The molecule has 2 aromatic carbocycles. The van der Waals surface area contributed by atoms with Crippen molar-refractivity contribution in [1.29, 1.82) is 0 Å². The first-order valence-electron chi connectivity index (χ1n) is 10.7. The van der Waals surface area contributed by atoms with Crippen molar-refractivity contribution in [1.82, 2.24) is 25.0 Å². The summed E-state index contributed by atoms with van der Waals surface area (Å²) in [5.74, 6) is 0.555. The van der Waals surface area contributed by atoms with E-state index in [4.69, 9.17) is 11.6 Å². The van der Waals surface area contributed by atoms with Crippen molar-refractivity contribution in [3.05, 3.63) is 70.8 Å². The van der Waals surface area contributed by atoms with Crippen LogP contribution >= 0.6 is 23.4 Å². The summed E-state index contributed by atoms with van der Waals surface area (Å²) in [4.78, 5) is 14.8. The molecule has 0 spiro atoms. The minimum absolute atomic E-state index is 0.124. The average molecular weight is 474 g/mol. The maximum Gasteiger partial charge on any atom is 0.230 e. The lowest BCUT2D eigenvalue weighted by molar-refractivity contribution is -0.118. The van der Waals surface area contributed by atoms with Crippen molar-refractivity contribution in [2.24, 2.45) is 0 Å². The van der Waals surface area contributed by atoms with Crippen molar-refractivity contribution in [2.75, 3.05) is 18.8 Å². The number of benzene rings is 2. The number of hydrogen-bond donors (Lipinski definition) is 1. The minimum atomic E-state index is -0.299. The van der Waals surface area contributed by atoms with Gasteiger partial charge in [-0.1, -0.05) is 48.0 Å². The van der Waals surface area contributed by atoms with Crippen LogP contribution in [0, 0.1) is 5.82 Å². The van der Waals surface area contributed by atoms with Crippen LogP contribution in [0.3, 0.4) is 0 Å². The third-order valence-corrected chi connectivity index (χ3v) is 6.66. The lowest BCUT2D eigenvalue weighted by atomic mass is 10.1. The fourth-order valence-corrected chi connectivity index (χ4v) is 4.68. The fourth-order valence-electron chi connectivity index (χ4n) is 3.68. The molecule has 0 radical (unpaired) electrons. The average Bonchev–Trinajstić information content (AvgIpc) is 3.20. The van der Waals surface area contributed by atoms with Crippen LogP contribution in [0.4, 0.5) is 4.39 Å². The van der Waals surface area contributed by atoms with E-state index in [1.54, 1.807) is 18.2 Å². The fraction of sp³-hybridized carbons (Fsp3) is 0.348. The van der Waals surface area contributed by atoms with Crippen molar-refractivity contribution in [3.8, 4) is 5.69 Å². The number of amides is 1. The van der Waals surface area contributed by atoms with Gasteiger partial charge >= 0.3 is 0 Å². The molecular formula is C23H25ClFN5OS. The van der Waals surface area contributed by atoms with Crippen LogP contribution in [0.2, 0.25) is 5.02 Å². The molecule has 0 aliphatic carbocycles. The maximum atomic E-state index is 13.5. The first-order chi connectivity index (χ1) is 15.6. The number of likely N-dealkylation sites (tertiary alicyclic amines) is 1. The van der Waals surface area contributed by atoms with E-state index in [-0.39, 0.29) is 17.5 Å². The Morgan fingerprint density at radius 2 is 1.81 bits per heavy atom. The molecular weight excluding hydrogens is 449 g/mol. The van der Waals surface area contributed by atoms with Gasteiger partial charge in [0.05, 0.1) is 12.3 Å². The molecule has 0 saturated carbocycles. The molecule has 1 saturated heterocycles. The number of thioether (sulfide) groups is 1. The summed E-state index contributed by atoms with van der Waals surface area (Å²) in [6.45, 7) is 3.10. The second kappa shape index (κ2) is 10.9. The summed E-state index contributed by atoms with van der Waals surface area (Å²) in [5.41, 5.74) is 1.65. The summed E-state index contributed by atoms with van der Waals surface area (Å²) in [7, 11) is 0. The summed E-state index contributed by atoms with van der Waals surface area (Å²) < 4.78 is 15.4. The molecule has 0 atom stereocenters. The molecule has 0 bridgehead atoms. The van der Waals surface area contributed by atoms with Gasteiger partial charge in [0, 0.05) is 17.3 Å². The Hall–Kier alpha value is -2.42. The molecule has 6 nitrogen and oxygen atoms in total. The van der Waals surface area contributed by atoms with E-state index in [2.05, 4.69) is 20.4 Å². The van der Waals surface area contributed by atoms with E-state index in [0.29, 0.717) is 23.3 Å². The third-order valence-electron chi connectivity index (χ3n) is 5.37. The number of carbonyl (C=O) groups is 1. The van der Waals surface area contributed by atoms with E-state index in [1.165, 1.54) is 43.2 Å². The van der Waals surface area contributed by atoms with Gasteiger partial charge in [-0.3, -0.25) is 14.3 Å². The number of halogens is 2. The number of nitrogens with one attached hydrogen (secondary N) is 1. The van der Waals surface area contributed by atoms with Crippen LogP contribution in [0.1, 0.15) is 30.7 Å². The van der Waals surface area contributed by atoms with Gasteiger partial charge in [-0.25, -0.2) is 4.39 Å². The molecule has 0 unspecified atom stereocenters. The molecule has 3 aromatic rings. The monoisotopic (exact) mass is 473 g/mol. The number of piperidine rings is 1. The molecule has 32 heavy (non-hydrogen) atoms. The largest absolute Gasteiger partial charge is 0.351 e. The number of nitrogens with zero attached hydrogens (tertiary/aromatic N) is 4. The number of hydrogen-bond acceptors (Lipinski definition) is 5. The van der Waals surface area contributed by atoms with Crippen LogP contribution in [-0.2, 0) is 17.9 Å². The highest BCUT2D eigenvalue weighted by atomic mass is 35.5. The Morgan fingerprint density at radius 1 is 1.06 bits per heavy atom. The Bertz CT molecular complexity index is 1050. The minimum Gasteiger partial charge on any atom is -0.351 e. The van der Waals surface area contributed by atoms with Crippen LogP contribution in [0.15, 0.2) is 53.7 Å². The molecule has 1 aliphatic heterocycles. The van der Waals surface area contributed by atoms with E-state index >= 15 is 0 Å². The molecule has 4 rings (SSSR count). The molecule has 1 fully saturated rings. The molecule has 9 heteroatoms. The first kappa shape index (κ1) is 22.8. The molecule has 1 amide bonds. The van der Waals surface area contributed by atoms with E-state index in [9.17, 15) is 9.18 Å². The van der Waals surface area contributed by atoms with Gasteiger partial charge in [-0.05, 0) is 61.8 Å². The standard InChI is InChI=1S/C23H25ClFN5OS/c24-20-7-3-2-6-17(20)14-26-22(31)16-32-23-28-27-21(15-29-12-4-1-5-13-29)30(23)19-10-8-18(25)9-11-19/h2-3,6-11H,1,4-5,12-16H2,(H,26,31). The first-order valence-corrected chi connectivity index (χ1v) is 12.0. The second-order valence-corrected chi connectivity index (χ2v) is 9.05. The predicted octanol–water partition coefficient (Wildman–Crippen LogP) is 4.45. The van der Waals surface area contributed by atoms with Crippen molar-refractivity contribution < 1.29 is 9.18 Å². The van der Waals surface area contributed by atoms with Crippen LogP contribution in [0.5, 0.6) is 0 Å². The molecule has 1 aliphatic rings. The Labute approximate surface area is 196 Å². The highest BCUT2D eigenvalue weighted by molar-refractivity contribution is 7.99. The van der Waals surface area contributed by atoms with Crippen LogP contribution < -0.4 is 5.32 Å². The summed E-state index contributed by atoms with van der Waals surface area (Å²) in [6, 6.07) is 13.7. The van der Waals surface area contributed by atoms with E-state index < -0.39 is 0 Å². The van der Waals surface area contributed by atoms with Crippen molar-refractivity contribution >= 4 is 29.3 Å². The van der Waals surface area contributed by atoms with Gasteiger partial charge in [0.1, 0.15) is 5.82 Å². The van der Waals surface area contributed by atoms with Crippen LogP contribution in [0.25, 0.3) is 5.69 Å². The molecule has 2 heterocycles. The summed E-state index contributed by atoms with van der Waals surface area (Å²) >= 11 is 7.46. The quantitative estimate of drug-likeness (QED) is 0.489. The Balaban J connectivity index is 1.45. The third kappa shape index (κ3) is 5.88. The normalized spacial score (nSPS) is 14.4. The maximum absolute atomic E-state index is 13.5. The highest BCUT2D eigenvalue weighted by Gasteiger charge is 2.19. The Kier molecular flexibility index (Phi) is 7.78. The SMILES string of the molecule is O=C(CSc1nnc(CN2CCCCC2)n1-c1ccc(F)cc1)NCc1ccccc1Cl. The zero-order valence-electron chi connectivity index (χ0n) is 17.6. The van der Waals surface area contributed by atoms with E-state index in [0.717, 1.165) is 30.2 Å². The van der Waals surface area contributed by atoms with Crippen LogP contribution in [-0.4, -0.2) is 44.4 Å². The van der Waals surface area contributed by atoms with E-state index in [1.807, 2.05) is 22.8 Å². The second-order valence-electron chi connectivity index (χ2n) is 7.70. The number of aromatic nitrogens is 3. The van der Waals surface area contributed by atoms with Gasteiger partial charge in [-0.2, -0.15) is 0 Å². The zero-order chi connectivity index (χ0) is 22.3. The summed E-state index contributed by atoms with van der Waals surface area (Å²) in [5, 5.41) is 12.9. The van der Waals surface area contributed by atoms with Crippen molar-refractivity contribution in [3.63, 3.8) is 0 Å². The zero-order valence-corrected chi connectivity index (χ0v) is 19.2. The van der Waals surface area contributed by atoms with Gasteiger partial charge < -0.3 is 5.32 Å². The van der Waals surface area contributed by atoms with Gasteiger partial charge in [-0.15, -0.1) is 10.2 Å². The lowest BCUT2D eigenvalue weighted by Crippen LogP contribution is -2.30. The number of carbonyl (C=O) groups excluding carboxylic acids is 1. The lowest BCUT2D eigenvalue weighted by Gasteiger charge is -2.26. The molecule has 1 aromatic heterocycles. The predicted molar refractivity (Wildman–Crippen MR) is 124 cm³/mol.